The van der Waals surface area contributed by atoms with Crippen molar-refractivity contribution in [2.45, 2.75) is 25.8 Å². The van der Waals surface area contributed by atoms with Crippen LogP contribution in [0.1, 0.15) is 30.6 Å². The Kier molecular flexibility index (Phi) is 5.24. The largest absolute Gasteiger partial charge is 0.479 e. The van der Waals surface area contributed by atoms with Crippen molar-refractivity contribution in [2.75, 3.05) is 4.90 Å². The Balaban J connectivity index is 2.63. The number of halogens is 2. The quantitative estimate of drug-likeness (QED) is 0.871. The summed E-state index contributed by atoms with van der Waals surface area (Å²) >= 11 is 5.82. The Labute approximate surface area is 144 Å². The zero-order valence-electron chi connectivity index (χ0n) is 13.3. The van der Waals surface area contributed by atoms with Gasteiger partial charge in [0.25, 0.3) is 5.91 Å². The van der Waals surface area contributed by atoms with E-state index in [-0.39, 0.29) is 17.1 Å². The molecule has 4 nitrogen and oxygen atoms in total. The second-order valence-corrected chi connectivity index (χ2v) is 5.94. The van der Waals surface area contributed by atoms with Crippen LogP contribution in [0.25, 0.3) is 0 Å². The molecule has 0 saturated carbocycles. The minimum absolute atomic E-state index is 0.163. The van der Waals surface area contributed by atoms with Crippen LogP contribution in [0, 0.1) is 5.82 Å². The van der Waals surface area contributed by atoms with Gasteiger partial charge in [-0.25, -0.2) is 9.18 Å². The summed E-state index contributed by atoms with van der Waals surface area (Å²) in [5.74, 6) is -2.29. The van der Waals surface area contributed by atoms with Crippen molar-refractivity contribution < 1.29 is 19.1 Å². The molecule has 0 aliphatic rings. The summed E-state index contributed by atoms with van der Waals surface area (Å²) in [6.07, 6.45) is 0.163. The molecule has 126 valence electrons. The van der Waals surface area contributed by atoms with Crippen molar-refractivity contribution in [3.63, 3.8) is 0 Å². The number of hydrogen-bond donors (Lipinski definition) is 1. The predicted octanol–water partition coefficient (Wildman–Crippen LogP) is 4.38. The molecule has 0 saturated heterocycles. The molecule has 2 aromatic carbocycles. The molecule has 0 fully saturated rings. The van der Waals surface area contributed by atoms with E-state index in [1.807, 2.05) is 0 Å². The third-order valence-corrected chi connectivity index (χ3v) is 4.32. The van der Waals surface area contributed by atoms with Crippen LogP contribution in [0.5, 0.6) is 0 Å². The molecular formula is C18H17ClFNO3. The van der Waals surface area contributed by atoms with Crippen molar-refractivity contribution in [3.05, 3.63) is 64.9 Å². The standard InChI is InChI=1S/C18H17ClFNO3/c1-3-18(2,17(23)24)21(13-9-10-15(20)14(19)11-13)16(22)12-7-5-4-6-8-12/h4-11H,3H2,1-2H3,(H,23,24)/t18-/m1/s1. The molecule has 0 heterocycles. The summed E-state index contributed by atoms with van der Waals surface area (Å²) in [6.45, 7) is 3.12. The lowest BCUT2D eigenvalue weighted by atomic mass is 9.94. The number of benzene rings is 2. The Morgan fingerprint density at radius 3 is 2.33 bits per heavy atom. The molecular weight excluding hydrogens is 333 g/mol. The maximum atomic E-state index is 13.5. The van der Waals surface area contributed by atoms with Gasteiger partial charge in [-0.15, -0.1) is 0 Å². The van der Waals surface area contributed by atoms with Gasteiger partial charge >= 0.3 is 5.97 Å². The Bertz CT molecular complexity index is 766. The number of amides is 1. The van der Waals surface area contributed by atoms with Crippen LogP contribution in [0.2, 0.25) is 5.02 Å². The van der Waals surface area contributed by atoms with E-state index in [1.165, 1.54) is 19.1 Å². The molecule has 1 amide bonds. The SMILES string of the molecule is CC[C@](C)(C(=O)O)N(C(=O)c1ccccc1)c1ccc(F)c(Cl)c1. The van der Waals surface area contributed by atoms with Gasteiger partial charge in [-0.2, -0.15) is 0 Å². The lowest BCUT2D eigenvalue weighted by Gasteiger charge is -2.37. The Morgan fingerprint density at radius 1 is 1.21 bits per heavy atom. The number of rotatable bonds is 5. The number of aliphatic carboxylic acids is 1. The molecule has 0 aliphatic carbocycles. The summed E-state index contributed by atoms with van der Waals surface area (Å²) in [5.41, 5.74) is -0.950. The lowest BCUT2D eigenvalue weighted by Crippen LogP contribution is -2.55. The van der Waals surface area contributed by atoms with Crippen LogP contribution in [-0.2, 0) is 4.79 Å². The predicted molar refractivity (Wildman–Crippen MR) is 91.0 cm³/mol. The number of carboxylic acid groups (broad SMARTS) is 1. The summed E-state index contributed by atoms with van der Waals surface area (Å²) in [5, 5.41) is 9.50. The summed E-state index contributed by atoms with van der Waals surface area (Å²) in [4.78, 5) is 26.0. The summed E-state index contributed by atoms with van der Waals surface area (Å²) < 4.78 is 13.5. The number of carbonyl (C=O) groups is 2. The van der Waals surface area contributed by atoms with Crippen LogP contribution < -0.4 is 4.90 Å². The van der Waals surface area contributed by atoms with Gasteiger partial charge in [-0.1, -0.05) is 36.7 Å². The maximum absolute atomic E-state index is 13.5. The smallest absolute Gasteiger partial charge is 0.329 e. The zero-order valence-corrected chi connectivity index (χ0v) is 14.0. The van der Waals surface area contributed by atoms with Crippen molar-refractivity contribution in [2.24, 2.45) is 0 Å². The van der Waals surface area contributed by atoms with Crippen LogP contribution in [0.15, 0.2) is 48.5 Å². The molecule has 0 unspecified atom stereocenters. The average Bonchev–Trinajstić information content (AvgIpc) is 2.58. The normalized spacial score (nSPS) is 13.2. The van der Waals surface area contributed by atoms with Gasteiger partial charge in [0.15, 0.2) is 0 Å². The fraction of sp³-hybridized carbons (Fsp3) is 0.222. The number of carboxylic acids is 1. The first-order valence-corrected chi connectivity index (χ1v) is 7.77. The monoisotopic (exact) mass is 349 g/mol. The Hall–Kier alpha value is -2.40. The van der Waals surface area contributed by atoms with Gasteiger partial charge < -0.3 is 5.11 Å². The van der Waals surface area contributed by atoms with E-state index >= 15 is 0 Å². The minimum atomic E-state index is -1.51. The second kappa shape index (κ2) is 7.01. The van der Waals surface area contributed by atoms with Gasteiger partial charge in [-0.3, -0.25) is 9.69 Å². The molecule has 24 heavy (non-hydrogen) atoms. The summed E-state index contributed by atoms with van der Waals surface area (Å²) in [7, 11) is 0. The van der Waals surface area contributed by atoms with Crippen LogP contribution in [0.4, 0.5) is 10.1 Å². The highest BCUT2D eigenvalue weighted by atomic mass is 35.5. The van der Waals surface area contributed by atoms with Crippen LogP contribution >= 0.6 is 11.6 Å². The highest BCUT2D eigenvalue weighted by Gasteiger charge is 2.42. The van der Waals surface area contributed by atoms with Crippen LogP contribution in [-0.4, -0.2) is 22.5 Å². The second-order valence-electron chi connectivity index (χ2n) is 5.54. The van der Waals surface area contributed by atoms with E-state index < -0.39 is 23.2 Å². The Morgan fingerprint density at radius 2 is 1.83 bits per heavy atom. The lowest BCUT2D eigenvalue weighted by molar-refractivity contribution is -0.142. The van der Waals surface area contributed by atoms with Crippen molar-refractivity contribution in [3.8, 4) is 0 Å². The molecule has 0 spiro atoms. The van der Waals surface area contributed by atoms with Gasteiger partial charge in [0, 0.05) is 11.3 Å². The molecule has 0 bridgehead atoms. The zero-order chi connectivity index (χ0) is 17.9. The topological polar surface area (TPSA) is 57.6 Å². The third-order valence-electron chi connectivity index (χ3n) is 4.03. The first kappa shape index (κ1) is 17.9. The fourth-order valence-electron chi connectivity index (χ4n) is 2.37. The maximum Gasteiger partial charge on any atom is 0.329 e. The highest BCUT2D eigenvalue weighted by Crippen LogP contribution is 2.32. The van der Waals surface area contributed by atoms with Crippen molar-refractivity contribution >= 4 is 29.2 Å². The van der Waals surface area contributed by atoms with Crippen molar-refractivity contribution in [1.29, 1.82) is 0 Å². The molecule has 0 aromatic heterocycles. The average molecular weight is 350 g/mol. The highest BCUT2D eigenvalue weighted by molar-refractivity contribution is 6.31. The first-order valence-electron chi connectivity index (χ1n) is 7.39. The molecule has 1 atom stereocenters. The van der Waals surface area contributed by atoms with E-state index in [4.69, 9.17) is 11.6 Å². The minimum Gasteiger partial charge on any atom is -0.479 e. The van der Waals surface area contributed by atoms with E-state index in [1.54, 1.807) is 37.3 Å². The van der Waals surface area contributed by atoms with Gasteiger partial charge in [-0.05, 0) is 43.7 Å². The number of anilines is 1. The molecule has 2 aromatic rings. The molecule has 1 N–H and O–H groups in total. The van der Waals surface area contributed by atoms with Crippen LogP contribution in [0.3, 0.4) is 0 Å². The molecule has 2 rings (SSSR count). The van der Waals surface area contributed by atoms with Crippen molar-refractivity contribution in [1.82, 2.24) is 0 Å². The molecule has 0 aliphatic heterocycles. The molecule has 0 radical (unpaired) electrons. The third kappa shape index (κ3) is 3.26. The number of carbonyl (C=O) groups excluding carboxylic acids is 1. The number of hydrogen-bond acceptors (Lipinski definition) is 2. The van der Waals surface area contributed by atoms with E-state index in [9.17, 15) is 19.1 Å². The van der Waals surface area contributed by atoms with E-state index in [2.05, 4.69) is 0 Å². The summed E-state index contributed by atoms with van der Waals surface area (Å²) in [6, 6.07) is 12.0. The first-order chi connectivity index (χ1) is 11.3. The molecule has 6 heteroatoms. The number of nitrogens with zero attached hydrogens (tertiary/aromatic N) is 1. The fourth-order valence-corrected chi connectivity index (χ4v) is 2.54. The van der Waals surface area contributed by atoms with Gasteiger partial charge in [0.2, 0.25) is 0 Å². The van der Waals surface area contributed by atoms with Gasteiger partial charge in [0.05, 0.1) is 5.02 Å². The van der Waals surface area contributed by atoms with Gasteiger partial charge in [0.1, 0.15) is 11.4 Å². The van der Waals surface area contributed by atoms with E-state index in [0.29, 0.717) is 5.56 Å². The van der Waals surface area contributed by atoms with E-state index in [0.717, 1.165) is 11.0 Å².